The number of nitrogens with zero attached hydrogens (tertiary/aromatic N) is 5. The number of hydrogen-bond acceptors (Lipinski definition) is 17. The molecule has 0 unspecified atom stereocenters. The molecule has 2 aromatic rings. The molecule has 0 spiro atoms. The van der Waals surface area contributed by atoms with E-state index in [1.165, 1.54) is 49.3 Å². The molecule has 2 aliphatic rings. The van der Waals surface area contributed by atoms with Crippen molar-refractivity contribution < 1.29 is 85.3 Å². The molecule has 11 atom stereocenters. The fraction of sp³-hybridized carbons (Fsp3) is 0.667. The summed E-state index contributed by atoms with van der Waals surface area (Å²) in [7, 11) is 9.72. The van der Waals surface area contributed by atoms with Crippen LogP contribution in [0.4, 0.5) is 13.6 Å². The van der Waals surface area contributed by atoms with Crippen molar-refractivity contribution in [3.63, 3.8) is 0 Å². The Morgan fingerprint density at radius 2 is 1.31 bits per heavy atom. The fourth-order valence-electron chi connectivity index (χ4n) is 14.1. The van der Waals surface area contributed by atoms with E-state index in [2.05, 4.69) is 5.32 Å². The number of halogens is 2. The van der Waals surface area contributed by atoms with Crippen LogP contribution in [0.15, 0.2) is 54.6 Å². The molecule has 23 nitrogen and oxygen atoms in total. The van der Waals surface area contributed by atoms with E-state index in [0.29, 0.717) is 56.1 Å². The molecule has 7 amide bonds. The predicted molar refractivity (Wildman–Crippen MR) is 385 cm³/mol. The molecule has 103 heavy (non-hydrogen) atoms. The number of likely N-dealkylation sites (tertiary alicyclic amines) is 1. The van der Waals surface area contributed by atoms with Gasteiger partial charge in [-0.25, -0.2) is 13.6 Å². The van der Waals surface area contributed by atoms with E-state index in [1.54, 1.807) is 43.1 Å². The number of ketones is 4. The second-order valence-electron chi connectivity index (χ2n) is 29.4. The molecule has 2 aromatic carbocycles. The SMILES string of the molecule is CC[C@H](C)[C@@H]([C@@H](CC(=O)N1C[C@@H](OC(=O)N(C)CCCC(=O)OCc2ccc(CC(=O)[C@H](CCCCC(N)=O)CC(=O)[C@@H](CC(=O)CCCCCN3C(=O)C=CC3=O)C(C)C)cc2)C[C@H]1[C@H](OC)[C@@H](C)C(=O)NCCc1c(F)cccc1F)OC)N(C)C(=O)[C@@H](CC(=O)[C@H](C(C)C)N(C)C)C(C)C. The first kappa shape index (κ1) is 87.8. The number of carbonyl (C=O) groups excluding carboxylic acids is 12. The smallest absolute Gasteiger partial charge is 0.409 e. The number of amides is 7. The second kappa shape index (κ2) is 43.6. The molecule has 25 heteroatoms. The van der Waals surface area contributed by atoms with Crippen LogP contribution in [0.5, 0.6) is 0 Å². The van der Waals surface area contributed by atoms with E-state index in [-0.39, 0.29) is 174 Å². The number of likely N-dealkylation sites (N-methyl/N-ethyl adjacent to an activating group) is 2. The van der Waals surface area contributed by atoms with E-state index >= 15 is 4.79 Å². The van der Waals surface area contributed by atoms with Crippen molar-refractivity contribution in [3.8, 4) is 0 Å². The van der Waals surface area contributed by atoms with Crippen LogP contribution < -0.4 is 11.1 Å². The van der Waals surface area contributed by atoms with Crippen LogP contribution >= 0.6 is 0 Å². The largest absolute Gasteiger partial charge is 0.461 e. The Balaban J connectivity index is 1.40. The number of unbranched alkanes of at least 4 members (excludes halogenated alkanes) is 3. The van der Waals surface area contributed by atoms with Crippen molar-refractivity contribution in [2.75, 3.05) is 68.6 Å². The number of benzene rings is 2. The van der Waals surface area contributed by atoms with Gasteiger partial charge in [-0.05, 0) is 99.6 Å². The minimum absolute atomic E-state index is 0.00619. The lowest BCUT2D eigenvalue weighted by Gasteiger charge is -2.41. The van der Waals surface area contributed by atoms with Gasteiger partial charge >= 0.3 is 12.1 Å². The Kier molecular flexibility index (Phi) is 37.1. The summed E-state index contributed by atoms with van der Waals surface area (Å²) in [5.74, 6) is -8.36. The normalized spacial score (nSPS) is 17.2. The van der Waals surface area contributed by atoms with E-state index in [9.17, 15) is 61.5 Å². The van der Waals surface area contributed by atoms with Gasteiger partial charge in [0, 0.05) is 135 Å². The number of methoxy groups -OCH3 is 2. The van der Waals surface area contributed by atoms with E-state index in [0.717, 1.165) is 17.0 Å². The average Bonchev–Trinajstić information content (AvgIpc) is 1.73. The predicted octanol–water partition coefficient (Wildman–Crippen LogP) is 9.38. The van der Waals surface area contributed by atoms with Crippen molar-refractivity contribution in [2.24, 2.45) is 53.1 Å². The number of primary amides is 1. The first-order chi connectivity index (χ1) is 48.6. The minimum atomic E-state index is -0.988. The van der Waals surface area contributed by atoms with Crippen LogP contribution in [0.2, 0.25) is 0 Å². The Morgan fingerprint density at radius 1 is 0.689 bits per heavy atom. The third-order valence-electron chi connectivity index (χ3n) is 20.3. The molecule has 1 saturated heterocycles. The maximum Gasteiger partial charge on any atom is 0.409 e. The van der Waals surface area contributed by atoms with Gasteiger partial charge < -0.3 is 44.7 Å². The van der Waals surface area contributed by atoms with Gasteiger partial charge in [0.25, 0.3) is 11.8 Å². The van der Waals surface area contributed by atoms with Gasteiger partial charge in [-0.2, -0.15) is 0 Å². The highest BCUT2D eigenvalue weighted by Crippen LogP contribution is 2.34. The molecule has 0 bridgehead atoms. The summed E-state index contributed by atoms with van der Waals surface area (Å²) >= 11 is 0. The summed E-state index contributed by atoms with van der Waals surface area (Å²) in [5.41, 5.74) is 6.50. The quantitative estimate of drug-likeness (QED) is 0.0354. The van der Waals surface area contributed by atoms with Crippen molar-refractivity contribution in [1.29, 1.82) is 0 Å². The molecule has 3 N–H and O–H groups in total. The molecule has 0 radical (unpaired) electrons. The number of Topliss-reactive ketones (excluding diaryl/α,β-unsaturated/α-hetero) is 4. The molecule has 4 rings (SSSR count). The summed E-state index contributed by atoms with van der Waals surface area (Å²) in [5, 5.41) is 2.75. The molecule has 574 valence electrons. The number of carbonyl (C=O) groups is 12. The number of esters is 1. The van der Waals surface area contributed by atoms with Crippen LogP contribution in [-0.2, 0) is 91.1 Å². The van der Waals surface area contributed by atoms with E-state index < -0.39 is 102 Å². The fourth-order valence-corrected chi connectivity index (χ4v) is 14.1. The number of imide groups is 1. The third-order valence-corrected chi connectivity index (χ3v) is 20.3. The van der Waals surface area contributed by atoms with Crippen LogP contribution in [-0.4, -0.2) is 200 Å². The Morgan fingerprint density at radius 3 is 1.88 bits per heavy atom. The molecule has 2 heterocycles. The Bertz CT molecular complexity index is 3170. The highest BCUT2D eigenvalue weighted by molar-refractivity contribution is 6.12. The minimum Gasteiger partial charge on any atom is -0.461 e. The van der Waals surface area contributed by atoms with Gasteiger partial charge in [-0.3, -0.25) is 62.5 Å². The number of rotatable bonds is 48. The van der Waals surface area contributed by atoms with Crippen molar-refractivity contribution in [1.82, 2.24) is 29.8 Å². The molecular formula is C78H117F2N7O16. The number of nitrogens with two attached hydrogens (primary N) is 1. The van der Waals surface area contributed by atoms with E-state index in [4.69, 9.17) is 24.7 Å². The maximum absolute atomic E-state index is 15.0. The standard InChI is InChI=1S/C78H117F2N7O16/c1-16-51(8)74(85(13)77(98)60(49(4)5)44-66(91)73(50(6)7)83(10)11)67(100-14)45-71(95)87-46-57(43-63(87)75(101-15)52(9)76(97)82-37-36-58-61(79)26-22-27-62(58)80)103-78(99)84(12)38-23-29-72(96)102-47-54-32-30-53(31-33-54)40-64(89)55(24-19-20-28-68(81)92)41-65(90)59(48(2)3)42-56(88)25-18-17-21-39-86-69(93)34-35-70(86)94/h22,26-27,30-35,48-52,55,57,59-60,63,67,73-75H,16-21,23-25,28-29,36-47H2,1-15H3,(H2,81,92)(H,82,97)/t51-,52+,55+,57-,59-,60-,63-,67+,73-,74-,75+/m0/s1. The summed E-state index contributed by atoms with van der Waals surface area (Å²) in [6, 6.07) is 8.56. The zero-order chi connectivity index (χ0) is 76.9. The lowest BCUT2D eigenvalue weighted by atomic mass is 9.80. The van der Waals surface area contributed by atoms with Crippen molar-refractivity contribution >= 4 is 70.6 Å². The third kappa shape index (κ3) is 27.4. The van der Waals surface area contributed by atoms with Crippen molar-refractivity contribution in [2.45, 2.75) is 221 Å². The van der Waals surface area contributed by atoms with Crippen LogP contribution in [0.1, 0.15) is 182 Å². The monoisotopic (exact) mass is 1450 g/mol. The highest BCUT2D eigenvalue weighted by Gasteiger charge is 2.47. The van der Waals surface area contributed by atoms with Gasteiger partial charge in [0.2, 0.25) is 23.6 Å². The maximum atomic E-state index is 15.0. The summed E-state index contributed by atoms with van der Waals surface area (Å²) in [6.45, 7) is 17.1. The van der Waals surface area contributed by atoms with Gasteiger partial charge in [0.1, 0.15) is 41.7 Å². The highest BCUT2D eigenvalue weighted by atomic mass is 19.1. The van der Waals surface area contributed by atoms with Crippen LogP contribution in [0, 0.1) is 59.0 Å². The number of nitrogens with one attached hydrogen (secondary N) is 1. The molecule has 0 aliphatic carbocycles. The lowest BCUT2D eigenvalue weighted by molar-refractivity contribution is -0.149. The molecule has 1 fully saturated rings. The van der Waals surface area contributed by atoms with Crippen LogP contribution in [0.25, 0.3) is 0 Å². The zero-order valence-corrected chi connectivity index (χ0v) is 63.6. The summed E-state index contributed by atoms with van der Waals surface area (Å²) < 4.78 is 52.9. The Labute approximate surface area is 608 Å². The van der Waals surface area contributed by atoms with Crippen molar-refractivity contribution in [3.05, 3.63) is 82.9 Å². The zero-order valence-electron chi connectivity index (χ0n) is 63.6. The molecule has 0 aromatic heterocycles. The summed E-state index contributed by atoms with van der Waals surface area (Å²) in [4.78, 5) is 168. The first-order valence-corrected chi connectivity index (χ1v) is 36.7. The molecular weight excluding hydrogens is 1330 g/mol. The Hall–Kier alpha value is -7.64. The topological polar surface area (TPSA) is 296 Å². The number of hydrogen-bond donors (Lipinski definition) is 2. The second-order valence-corrected chi connectivity index (χ2v) is 29.4. The van der Waals surface area contributed by atoms with Gasteiger partial charge in [-0.1, -0.05) is 112 Å². The molecule has 2 aliphatic heterocycles. The van der Waals surface area contributed by atoms with Gasteiger partial charge in [0.15, 0.2) is 5.78 Å². The lowest BCUT2D eigenvalue weighted by Crippen LogP contribution is -2.54. The van der Waals surface area contributed by atoms with E-state index in [1.807, 2.05) is 74.4 Å². The molecule has 0 saturated carbocycles. The number of ether oxygens (including phenoxy) is 4. The van der Waals surface area contributed by atoms with Gasteiger partial charge in [0.05, 0.1) is 49.2 Å². The van der Waals surface area contributed by atoms with Gasteiger partial charge in [-0.15, -0.1) is 0 Å². The van der Waals surface area contributed by atoms with Crippen LogP contribution in [0.3, 0.4) is 0 Å². The first-order valence-electron chi connectivity index (χ1n) is 36.7. The average molecular weight is 1450 g/mol. The summed E-state index contributed by atoms with van der Waals surface area (Å²) in [6.07, 6.45) is 2.69.